The number of allylic oxidation sites excluding steroid dienone is 1. The van der Waals surface area contributed by atoms with Crippen LogP contribution in [0.15, 0.2) is 63.8 Å². The molecule has 4 aliphatic rings. The van der Waals surface area contributed by atoms with Crippen LogP contribution < -0.4 is 10.6 Å². The Morgan fingerprint density at radius 3 is 2.84 bits per heavy atom. The smallest absolute Gasteiger partial charge is 0.247 e. The highest BCUT2D eigenvalue weighted by molar-refractivity contribution is 6.20. The van der Waals surface area contributed by atoms with Crippen LogP contribution in [0.3, 0.4) is 0 Å². The molecule has 0 radical (unpaired) electrons. The fraction of sp³-hybridized carbons (Fsp3) is 0.292. The Labute approximate surface area is 178 Å². The molecule has 2 aromatic rings. The van der Waals surface area contributed by atoms with Gasteiger partial charge in [-0.25, -0.2) is 0 Å². The summed E-state index contributed by atoms with van der Waals surface area (Å²) in [5.41, 5.74) is 7.47. The van der Waals surface area contributed by atoms with E-state index in [-0.39, 0.29) is 41.1 Å². The Morgan fingerprint density at radius 2 is 2.06 bits per heavy atom. The van der Waals surface area contributed by atoms with Gasteiger partial charge in [0.15, 0.2) is 5.78 Å². The number of anilines is 1. The molecule has 0 saturated carbocycles. The van der Waals surface area contributed by atoms with Gasteiger partial charge in [-0.15, -0.1) is 0 Å². The summed E-state index contributed by atoms with van der Waals surface area (Å²) < 4.78 is 11.4. The number of hydrogen-bond acceptors (Lipinski definition) is 6. The average molecular weight is 413 g/mol. The molecule has 7 nitrogen and oxygen atoms in total. The number of para-hydroxylation sites is 1. The first-order chi connectivity index (χ1) is 15.1. The van der Waals surface area contributed by atoms with Crippen molar-refractivity contribution < 1.29 is 18.7 Å². The van der Waals surface area contributed by atoms with Gasteiger partial charge in [-0.3, -0.25) is 9.59 Å². The molecule has 1 aromatic heterocycles. The third kappa shape index (κ3) is 2.12. The molecule has 3 aliphatic heterocycles. The first kappa shape index (κ1) is 18.0. The number of amides is 1. The van der Waals surface area contributed by atoms with Crippen molar-refractivity contribution in [3.05, 3.63) is 76.3 Å². The van der Waals surface area contributed by atoms with Gasteiger partial charge in [0, 0.05) is 30.9 Å². The second-order valence-corrected chi connectivity index (χ2v) is 8.42. The Balaban J connectivity index is 1.63. The van der Waals surface area contributed by atoms with Crippen molar-refractivity contribution in [2.24, 2.45) is 5.73 Å². The lowest BCUT2D eigenvalue weighted by atomic mass is 9.64. The van der Waals surface area contributed by atoms with E-state index >= 15 is 0 Å². The fourth-order valence-electron chi connectivity index (χ4n) is 5.71. The number of nitrogens with two attached hydrogens (primary N) is 1. The summed E-state index contributed by atoms with van der Waals surface area (Å²) in [6.07, 6.45) is 3.80. The average Bonchev–Trinajstić information content (AvgIpc) is 3.38. The lowest BCUT2D eigenvalue weighted by Gasteiger charge is -2.39. The number of rotatable bonds is 1. The maximum atomic E-state index is 14.0. The van der Waals surface area contributed by atoms with Gasteiger partial charge >= 0.3 is 0 Å². The maximum absolute atomic E-state index is 14.0. The highest BCUT2D eigenvalue weighted by Crippen LogP contribution is 2.58. The summed E-state index contributed by atoms with van der Waals surface area (Å²) in [6.45, 7) is 0.551. The molecule has 2 N–H and O–H groups in total. The van der Waals surface area contributed by atoms with Crippen LogP contribution in [0.2, 0.25) is 0 Å². The number of furan rings is 1. The molecule has 4 heterocycles. The Bertz CT molecular complexity index is 1260. The number of Topliss-reactive ketones (excluding diaryl/α,β-unsaturated/α-hetero) is 1. The molecule has 1 aromatic carbocycles. The summed E-state index contributed by atoms with van der Waals surface area (Å²) in [6, 6.07) is 11.4. The number of ketones is 1. The van der Waals surface area contributed by atoms with Gasteiger partial charge in [-0.1, -0.05) is 18.2 Å². The van der Waals surface area contributed by atoms with Crippen LogP contribution in [0.25, 0.3) is 0 Å². The van der Waals surface area contributed by atoms with Crippen LogP contribution in [0.1, 0.15) is 42.1 Å². The van der Waals surface area contributed by atoms with Crippen molar-refractivity contribution in [1.82, 2.24) is 0 Å². The highest BCUT2D eigenvalue weighted by Gasteiger charge is 2.63. The maximum Gasteiger partial charge on any atom is 0.247 e. The molecular formula is C24H19N3O4. The van der Waals surface area contributed by atoms with Gasteiger partial charge < -0.3 is 19.8 Å². The van der Waals surface area contributed by atoms with Crippen molar-refractivity contribution >= 4 is 17.4 Å². The molecular weight excluding hydrogens is 394 g/mol. The van der Waals surface area contributed by atoms with Gasteiger partial charge in [-0.2, -0.15) is 5.26 Å². The standard InChI is InChI=1S/C24H19N3O4/c25-12-16-22(26)31-19-11-14(18-7-3-9-30-18)10-17(28)20(19)24(16)15-6-1-4-13-5-2-8-27(21(13)15)23(24)29/h1,3-4,6-7,9,14H,2,5,8,10-11,26H2. The first-order valence-electron chi connectivity index (χ1n) is 10.4. The first-order valence-corrected chi connectivity index (χ1v) is 10.4. The molecule has 1 aliphatic carbocycles. The van der Waals surface area contributed by atoms with Crippen molar-refractivity contribution in [1.29, 1.82) is 5.26 Å². The topological polar surface area (TPSA) is 110 Å². The van der Waals surface area contributed by atoms with Gasteiger partial charge in [0.25, 0.3) is 0 Å². The molecule has 1 amide bonds. The normalized spacial score (nSPS) is 26.7. The molecule has 6 rings (SSSR count). The Morgan fingerprint density at radius 1 is 1.19 bits per heavy atom. The van der Waals surface area contributed by atoms with E-state index in [2.05, 4.69) is 6.07 Å². The number of nitriles is 1. The van der Waals surface area contributed by atoms with E-state index in [1.54, 1.807) is 17.2 Å². The molecule has 0 bridgehead atoms. The third-order valence-electron chi connectivity index (χ3n) is 6.90. The summed E-state index contributed by atoms with van der Waals surface area (Å²) in [5.74, 6) is 0.235. The van der Waals surface area contributed by atoms with E-state index in [4.69, 9.17) is 14.9 Å². The summed E-state index contributed by atoms with van der Waals surface area (Å²) in [7, 11) is 0. The molecule has 1 spiro atoms. The monoisotopic (exact) mass is 413 g/mol. The minimum absolute atomic E-state index is 0.00356. The quantitative estimate of drug-likeness (QED) is 0.770. The van der Waals surface area contributed by atoms with Crippen LogP contribution in [0.5, 0.6) is 0 Å². The van der Waals surface area contributed by atoms with Crippen molar-refractivity contribution in [3.8, 4) is 6.07 Å². The van der Waals surface area contributed by atoms with Gasteiger partial charge in [0.1, 0.15) is 28.6 Å². The number of nitrogens with zero attached hydrogens (tertiary/aromatic N) is 2. The van der Waals surface area contributed by atoms with E-state index in [1.807, 2.05) is 24.3 Å². The van der Waals surface area contributed by atoms with Crippen LogP contribution in [-0.4, -0.2) is 18.2 Å². The number of benzene rings is 1. The second kappa shape index (κ2) is 6.11. The molecule has 154 valence electrons. The number of carbonyl (C=O) groups is 2. The summed E-state index contributed by atoms with van der Waals surface area (Å²) >= 11 is 0. The van der Waals surface area contributed by atoms with Crippen molar-refractivity contribution in [2.75, 3.05) is 11.4 Å². The minimum Gasteiger partial charge on any atom is -0.469 e. The number of hydrogen-bond donors (Lipinski definition) is 1. The van der Waals surface area contributed by atoms with E-state index in [0.29, 0.717) is 30.0 Å². The lowest BCUT2D eigenvalue weighted by molar-refractivity contribution is -0.125. The van der Waals surface area contributed by atoms with Crippen LogP contribution in [0, 0.1) is 11.3 Å². The Hall–Kier alpha value is -3.79. The number of ether oxygens (including phenoxy) is 1. The second-order valence-electron chi connectivity index (χ2n) is 8.42. The highest BCUT2D eigenvalue weighted by atomic mass is 16.5. The molecule has 2 unspecified atom stereocenters. The third-order valence-corrected chi connectivity index (χ3v) is 6.90. The van der Waals surface area contributed by atoms with Gasteiger partial charge in [-0.05, 0) is 30.5 Å². The zero-order valence-electron chi connectivity index (χ0n) is 16.7. The lowest BCUT2D eigenvalue weighted by Crippen LogP contribution is -2.49. The predicted molar refractivity (Wildman–Crippen MR) is 109 cm³/mol. The molecule has 2 atom stereocenters. The predicted octanol–water partition coefficient (Wildman–Crippen LogP) is 2.94. The van der Waals surface area contributed by atoms with Gasteiger partial charge in [0.2, 0.25) is 11.8 Å². The minimum atomic E-state index is -1.53. The summed E-state index contributed by atoms with van der Waals surface area (Å²) in [5, 5.41) is 10.1. The number of fused-ring (bicyclic) bond motifs is 2. The molecule has 0 fully saturated rings. The molecule has 0 saturated heterocycles. The van der Waals surface area contributed by atoms with Crippen LogP contribution >= 0.6 is 0 Å². The zero-order chi connectivity index (χ0) is 21.3. The zero-order valence-corrected chi connectivity index (χ0v) is 16.7. The number of carbonyl (C=O) groups excluding carboxylic acids is 2. The van der Waals surface area contributed by atoms with E-state index in [9.17, 15) is 14.9 Å². The van der Waals surface area contributed by atoms with Gasteiger partial charge in [0.05, 0.1) is 17.5 Å². The van der Waals surface area contributed by atoms with E-state index in [1.165, 1.54) is 0 Å². The molecule has 7 heteroatoms. The van der Waals surface area contributed by atoms with Crippen molar-refractivity contribution in [3.63, 3.8) is 0 Å². The van der Waals surface area contributed by atoms with E-state index in [0.717, 1.165) is 24.1 Å². The molecule has 31 heavy (non-hydrogen) atoms. The van der Waals surface area contributed by atoms with Crippen molar-refractivity contribution in [2.45, 2.75) is 37.0 Å². The van der Waals surface area contributed by atoms with E-state index < -0.39 is 5.41 Å². The van der Waals surface area contributed by atoms with Crippen LogP contribution in [0.4, 0.5) is 5.69 Å². The van der Waals surface area contributed by atoms with Crippen LogP contribution in [-0.2, 0) is 26.2 Å². The Kier molecular flexibility index (Phi) is 3.55. The summed E-state index contributed by atoms with van der Waals surface area (Å²) in [4.78, 5) is 29.3. The fourth-order valence-corrected chi connectivity index (χ4v) is 5.71. The largest absolute Gasteiger partial charge is 0.469 e. The number of aryl methyl sites for hydroxylation is 1. The SMILES string of the molecule is N#CC1=C(N)OC2=C(C(=O)CC(c3ccco3)C2)C12C(=O)N1CCCc3cccc2c31.